The topological polar surface area (TPSA) is 102 Å². The molecule has 7 nitrogen and oxygen atoms in total. The number of amides is 1. The van der Waals surface area contributed by atoms with Crippen LogP contribution in [0.2, 0.25) is 0 Å². The van der Waals surface area contributed by atoms with Gasteiger partial charge in [0, 0.05) is 24.5 Å². The third-order valence-corrected chi connectivity index (χ3v) is 4.38. The summed E-state index contributed by atoms with van der Waals surface area (Å²) in [6.45, 7) is 1.00. The molecule has 2 heterocycles. The molecule has 1 saturated heterocycles. The van der Waals surface area contributed by atoms with E-state index in [4.69, 9.17) is 9.26 Å². The largest absolute Gasteiger partial charge is 0.480 e. The minimum absolute atomic E-state index is 0.210. The normalized spacial score (nSPS) is 22.6. The summed E-state index contributed by atoms with van der Waals surface area (Å²) < 4.78 is 10.5. The van der Waals surface area contributed by atoms with Crippen molar-refractivity contribution in [2.24, 2.45) is 5.92 Å². The zero-order chi connectivity index (χ0) is 15.5. The molecule has 0 spiro atoms. The molecule has 0 saturated carbocycles. The molecular weight excluding hydrogens is 288 g/mol. The van der Waals surface area contributed by atoms with Crippen LogP contribution in [0.4, 0.5) is 0 Å². The van der Waals surface area contributed by atoms with Crippen molar-refractivity contribution >= 4 is 11.9 Å². The number of carboxylic acid groups (broad SMARTS) is 1. The number of nitrogens with one attached hydrogen (secondary N) is 1. The molecule has 3 rings (SSSR count). The predicted molar refractivity (Wildman–Crippen MR) is 75.6 cm³/mol. The highest BCUT2D eigenvalue weighted by atomic mass is 16.5. The fourth-order valence-corrected chi connectivity index (χ4v) is 3.18. The molecule has 1 amide bonds. The van der Waals surface area contributed by atoms with Crippen LogP contribution in [0.25, 0.3) is 0 Å². The fourth-order valence-electron chi connectivity index (χ4n) is 3.18. The first-order valence-electron chi connectivity index (χ1n) is 7.75. The first kappa shape index (κ1) is 15.0. The minimum Gasteiger partial charge on any atom is -0.480 e. The number of hydrogen-bond acceptors (Lipinski definition) is 5. The van der Waals surface area contributed by atoms with E-state index in [2.05, 4.69) is 10.5 Å². The number of ether oxygens (including phenoxy) is 1. The Kier molecular flexibility index (Phi) is 4.42. The van der Waals surface area contributed by atoms with Crippen LogP contribution >= 0.6 is 0 Å². The highest BCUT2D eigenvalue weighted by Gasteiger charge is 2.33. The minimum atomic E-state index is -1.04. The number of carbonyl (C=O) groups excluding carboxylic acids is 1. The molecular formula is C15H20N2O5. The summed E-state index contributed by atoms with van der Waals surface area (Å²) in [7, 11) is 0. The van der Waals surface area contributed by atoms with Gasteiger partial charge in [-0.2, -0.15) is 0 Å². The summed E-state index contributed by atoms with van der Waals surface area (Å²) in [4.78, 5) is 23.9. The molecule has 1 aromatic heterocycles. The second kappa shape index (κ2) is 6.48. The Balaban J connectivity index is 1.73. The molecule has 0 radical (unpaired) electrons. The third kappa shape index (κ3) is 2.99. The lowest BCUT2D eigenvalue weighted by molar-refractivity contribution is -0.142. The van der Waals surface area contributed by atoms with Gasteiger partial charge >= 0.3 is 5.97 Å². The van der Waals surface area contributed by atoms with Crippen molar-refractivity contribution in [1.82, 2.24) is 10.5 Å². The Morgan fingerprint density at radius 3 is 2.82 bits per heavy atom. The first-order valence-corrected chi connectivity index (χ1v) is 7.75. The maximum Gasteiger partial charge on any atom is 0.326 e. The van der Waals surface area contributed by atoms with Crippen LogP contribution in [0.5, 0.6) is 0 Å². The number of hydrogen-bond donors (Lipinski definition) is 2. The number of nitrogens with zero attached hydrogens (tertiary/aromatic N) is 1. The average molecular weight is 308 g/mol. The number of carboxylic acids is 1. The lowest BCUT2D eigenvalue weighted by atomic mass is 9.93. The SMILES string of the molecule is O=C(NC(C(=O)O)C1CCCOC1)c1noc2c1CCCC2. The summed E-state index contributed by atoms with van der Waals surface area (Å²) in [5.74, 6) is -0.965. The highest BCUT2D eigenvalue weighted by Crippen LogP contribution is 2.25. The molecule has 0 aromatic carbocycles. The van der Waals surface area contributed by atoms with Crippen LogP contribution in [-0.4, -0.2) is 41.4 Å². The van der Waals surface area contributed by atoms with Gasteiger partial charge in [0.2, 0.25) is 0 Å². The summed E-state index contributed by atoms with van der Waals surface area (Å²) in [5.41, 5.74) is 1.06. The van der Waals surface area contributed by atoms with Crippen molar-refractivity contribution in [3.63, 3.8) is 0 Å². The van der Waals surface area contributed by atoms with Gasteiger partial charge in [0.1, 0.15) is 11.8 Å². The lowest BCUT2D eigenvalue weighted by Gasteiger charge is -2.27. The predicted octanol–water partition coefficient (Wildman–Crippen LogP) is 1.16. The average Bonchev–Trinajstić information content (AvgIpc) is 2.97. The van der Waals surface area contributed by atoms with E-state index in [1.807, 2.05) is 0 Å². The zero-order valence-electron chi connectivity index (χ0n) is 12.3. The number of rotatable bonds is 4. The van der Waals surface area contributed by atoms with Crippen LogP contribution in [0.1, 0.15) is 47.5 Å². The quantitative estimate of drug-likeness (QED) is 0.865. The molecule has 1 aromatic rings. The molecule has 1 aliphatic heterocycles. The standard InChI is InChI=1S/C15H20N2O5/c18-14(13-10-5-1-2-6-11(10)22-17-13)16-12(15(19)20)9-4-3-7-21-8-9/h9,12H,1-8H2,(H,16,18)(H,19,20). The number of aryl methyl sites for hydroxylation is 1. The zero-order valence-corrected chi connectivity index (χ0v) is 12.3. The second-order valence-electron chi connectivity index (χ2n) is 5.91. The molecule has 2 N–H and O–H groups in total. The van der Waals surface area contributed by atoms with E-state index < -0.39 is 17.9 Å². The molecule has 2 unspecified atom stereocenters. The van der Waals surface area contributed by atoms with E-state index >= 15 is 0 Å². The van der Waals surface area contributed by atoms with Gasteiger partial charge < -0.3 is 19.7 Å². The van der Waals surface area contributed by atoms with Crippen molar-refractivity contribution < 1.29 is 24.0 Å². The summed E-state index contributed by atoms with van der Waals surface area (Å²) in [6, 6.07) is -0.955. The van der Waals surface area contributed by atoms with E-state index in [1.54, 1.807) is 0 Å². The molecule has 2 aliphatic rings. The molecule has 1 fully saturated rings. The molecule has 120 valence electrons. The van der Waals surface area contributed by atoms with Crippen LogP contribution in [-0.2, 0) is 22.4 Å². The van der Waals surface area contributed by atoms with Gasteiger partial charge in [0.15, 0.2) is 5.69 Å². The van der Waals surface area contributed by atoms with Crippen molar-refractivity contribution in [3.05, 3.63) is 17.0 Å². The summed E-state index contributed by atoms with van der Waals surface area (Å²) in [5, 5.41) is 15.8. The van der Waals surface area contributed by atoms with Crippen molar-refractivity contribution in [3.8, 4) is 0 Å². The summed E-state index contributed by atoms with van der Waals surface area (Å²) >= 11 is 0. The van der Waals surface area contributed by atoms with Gasteiger partial charge in [-0.1, -0.05) is 5.16 Å². The monoisotopic (exact) mass is 308 g/mol. The van der Waals surface area contributed by atoms with E-state index in [1.165, 1.54) is 0 Å². The van der Waals surface area contributed by atoms with Crippen LogP contribution in [0.15, 0.2) is 4.52 Å². The maximum absolute atomic E-state index is 12.4. The number of aromatic nitrogens is 1. The van der Waals surface area contributed by atoms with Crippen molar-refractivity contribution in [2.45, 2.75) is 44.6 Å². The summed E-state index contributed by atoms with van der Waals surface area (Å²) in [6.07, 6.45) is 5.10. The van der Waals surface area contributed by atoms with Crippen LogP contribution in [0, 0.1) is 5.92 Å². The van der Waals surface area contributed by atoms with E-state index in [0.29, 0.717) is 13.2 Å². The number of aliphatic carboxylic acids is 1. The van der Waals surface area contributed by atoms with E-state index in [-0.39, 0.29) is 11.6 Å². The van der Waals surface area contributed by atoms with Gasteiger partial charge in [-0.05, 0) is 32.1 Å². The molecule has 0 bridgehead atoms. The Bertz CT molecular complexity index is 562. The third-order valence-electron chi connectivity index (χ3n) is 4.38. The van der Waals surface area contributed by atoms with Crippen molar-refractivity contribution in [1.29, 1.82) is 0 Å². The van der Waals surface area contributed by atoms with E-state index in [0.717, 1.165) is 49.8 Å². The smallest absolute Gasteiger partial charge is 0.326 e. The van der Waals surface area contributed by atoms with Crippen LogP contribution in [0.3, 0.4) is 0 Å². The second-order valence-corrected chi connectivity index (χ2v) is 5.91. The first-order chi connectivity index (χ1) is 10.7. The Morgan fingerprint density at radius 1 is 1.27 bits per heavy atom. The maximum atomic E-state index is 12.4. The van der Waals surface area contributed by atoms with Gasteiger partial charge in [0.05, 0.1) is 6.61 Å². The number of carbonyl (C=O) groups is 2. The van der Waals surface area contributed by atoms with Crippen LogP contribution < -0.4 is 5.32 Å². The fraction of sp³-hybridized carbons (Fsp3) is 0.667. The van der Waals surface area contributed by atoms with Crippen molar-refractivity contribution in [2.75, 3.05) is 13.2 Å². The Labute approximate surface area is 128 Å². The van der Waals surface area contributed by atoms with Gasteiger partial charge in [-0.15, -0.1) is 0 Å². The Hall–Kier alpha value is -1.89. The Morgan fingerprint density at radius 2 is 2.09 bits per heavy atom. The molecule has 7 heteroatoms. The van der Waals surface area contributed by atoms with Gasteiger partial charge in [0.25, 0.3) is 5.91 Å². The lowest BCUT2D eigenvalue weighted by Crippen LogP contribution is -2.48. The number of fused-ring (bicyclic) bond motifs is 1. The molecule has 2 atom stereocenters. The molecule has 1 aliphatic carbocycles. The van der Waals surface area contributed by atoms with Gasteiger partial charge in [-0.3, -0.25) is 4.79 Å². The molecule has 22 heavy (non-hydrogen) atoms. The highest BCUT2D eigenvalue weighted by molar-refractivity contribution is 5.96. The van der Waals surface area contributed by atoms with Gasteiger partial charge in [-0.25, -0.2) is 4.79 Å². The van der Waals surface area contributed by atoms with E-state index in [9.17, 15) is 14.7 Å².